The highest BCUT2D eigenvalue weighted by atomic mass is 16.3. The molecule has 5 nitrogen and oxygen atoms in total. The highest BCUT2D eigenvalue weighted by Gasteiger charge is 2.21. The van der Waals surface area contributed by atoms with Gasteiger partial charge in [-0.05, 0) is 27.3 Å². The average molecular weight is 293 g/mol. The molecule has 0 atom stereocenters. The summed E-state index contributed by atoms with van der Waals surface area (Å²) in [5.74, 6) is -0.0905. The van der Waals surface area contributed by atoms with Gasteiger partial charge in [0.25, 0.3) is 0 Å². The molecule has 0 aliphatic carbocycles. The van der Waals surface area contributed by atoms with Crippen LogP contribution in [-0.2, 0) is 6.54 Å². The van der Waals surface area contributed by atoms with E-state index in [0.29, 0.717) is 6.54 Å². The van der Waals surface area contributed by atoms with Crippen LogP contribution in [0, 0.1) is 6.92 Å². The van der Waals surface area contributed by atoms with Gasteiger partial charge in [0.05, 0.1) is 5.69 Å². The van der Waals surface area contributed by atoms with Gasteiger partial charge in [0, 0.05) is 50.5 Å². The van der Waals surface area contributed by atoms with Crippen molar-refractivity contribution >= 4 is 0 Å². The maximum Gasteiger partial charge on any atom is 0.223 e. The van der Waals surface area contributed by atoms with E-state index in [1.165, 1.54) is 6.07 Å². The van der Waals surface area contributed by atoms with Crippen molar-refractivity contribution in [2.45, 2.75) is 40.3 Å². The topological polar surface area (TPSA) is 48.7 Å². The van der Waals surface area contributed by atoms with E-state index in [9.17, 15) is 9.90 Å². The molecule has 1 saturated heterocycles. The molecule has 0 aromatic carbocycles. The Hall–Kier alpha value is -1.33. The highest BCUT2D eigenvalue weighted by Crippen LogP contribution is 2.21. The van der Waals surface area contributed by atoms with Crippen molar-refractivity contribution in [1.82, 2.24) is 14.4 Å². The third kappa shape index (κ3) is 3.47. The predicted octanol–water partition coefficient (Wildman–Crippen LogP) is 1.58. The number of likely N-dealkylation sites (N-methyl/N-ethyl adjacent to an activating group) is 1. The molecule has 1 aromatic heterocycles. The molecule has 0 spiro atoms. The molecule has 5 heteroatoms. The first-order valence-electron chi connectivity index (χ1n) is 7.82. The Kier molecular flexibility index (Phi) is 5.06. The SMILES string of the molecule is CCN1CCN(Cc2c(O)c(=O)cc(C)n2C(C)C)CC1. The second-order valence-electron chi connectivity index (χ2n) is 6.12. The number of pyridine rings is 1. The standard InChI is InChI=1S/C16H27N3O2/c1-5-17-6-8-18(9-7-17)11-14-16(21)15(20)10-13(4)19(14)12(2)3/h10,12,21H,5-9,11H2,1-4H3. The Bertz CT molecular complexity index is 543. The van der Waals surface area contributed by atoms with Gasteiger partial charge < -0.3 is 14.6 Å². The minimum Gasteiger partial charge on any atom is -0.503 e. The number of aromatic nitrogens is 1. The van der Waals surface area contributed by atoms with Crippen LogP contribution in [0.2, 0.25) is 0 Å². The van der Waals surface area contributed by atoms with Gasteiger partial charge in [-0.15, -0.1) is 0 Å². The van der Waals surface area contributed by atoms with Gasteiger partial charge in [-0.2, -0.15) is 0 Å². The van der Waals surface area contributed by atoms with Gasteiger partial charge in [-0.3, -0.25) is 9.69 Å². The van der Waals surface area contributed by atoms with Crippen LogP contribution in [0.3, 0.4) is 0 Å². The quantitative estimate of drug-likeness (QED) is 0.916. The molecule has 1 fully saturated rings. The molecule has 0 saturated carbocycles. The number of rotatable bonds is 4. The Morgan fingerprint density at radius 3 is 2.29 bits per heavy atom. The van der Waals surface area contributed by atoms with Gasteiger partial charge in [-0.25, -0.2) is 0 Å². The minimum atomic E-state index is -0.272. The first kappa shape index (κ1) is 16.0. The maximum absolute atomic E-state index is 11.9. The molecule has 1 N–H and O–H groups in total. The van der Waals surface area contributed by atoms with E-state index >= 15 is 0 Å². The first-order valence-corrected chi connectivity index (χ1v) is 7.82. The zero-order valence-corrected chi connectivity index (χ0v) is 13.6. The van der Waals surface area contributed by atoms with Crippen LogP contribution in [-0.4, -0.2) is 52.2 Å². The van der Waals surface area contributed by atoms with Gasteiger partial charge in [0.15, 0.2) is 5.75 Å². The molecule has 0 amide bonds. The fourth-order valence-electron chi connectivity index (χ4n) is 3.14. The number of hydrogen-bond acceptors (Lipinski definition) is 4. The van der Waals surface area contributed by atoms with Crippen LogP contribution < -0.4 is 5.43 Å². The Balaban J connectivity index is 2.25. The van der Waals surface area contributed by atoms with Gasteiger partial charge in [-0.1, -0.05) is 6.92 Å². The van der Waals surface area contributed by atoms with Crippen LogP contribution in [0.4, 0.5) is 0 Å². The second-order valence-corrected chi connectivity index (χ2v) is 6.12. The van der Waals surface area contributed by atoms with Crippen molar-refractivity contribution in [2.75, 3.05) is 32.7 Å². The average Bonchev–Trinajstić information content (AvgIpc) is 2.44. The van der Waals surface area contributed by atoms with Crippen molar-refractivity contribution in [3.8, 4) is 5.75 Å². The number of aromatic hydroxyl groups is 1. The molecule has 1 aromatic rings. The van der Waals surface area contributed by atoms with E-state index in [1.807, 2.05) is 6.92 Å². The summed E-state index contributed by atoms with van der Waals surface area (Å²) in [6.07, 6.45) is 0. The summed E-state index contributed by atoms with van der Waals surface area (Å²) in [6.45, 7) is 14.0. The van der Waals surface area contributed by atoms with E-state index in [-0.39, 0.29) is 17.2 Å². The molecule has 0 unspecified atom stereocenters. The molecule has 0 bridgehead atoms. The molecule has 21 heavy (non-hydrogen) atoms. The summed E-state index contributed by atoms with van der Waals surface area (Å²) in [4.78, 5) is 16.6. The summed E-state index contributed by atoms with van der Waals surface area (Å²) in [5, 5.41) is 10.2. The highest BCUT2D eigenvalue weighted by molar-refractivity contribution is 5.30. The van der Waals surface area contributed by atoms with Crippen molar-refractivity contribution in [2.24, 2.45) is 0 Å². The molecule has 118 valence electrons. The number of piperazine rings is 1. The smallest absolute Gasteiger partial charge is 0.223 e. The van der Waals surface area contributed by atoms with Crippen molar-refractivity contribution in [1.29, 1.82) is 0 Å². The van der Waals surface area contributed by atoms with Crippen molar-refractivity contribution in [3.05, 3.63) is 27.7 Å². The van der Waals surface area contributed by atoms with E-state index in [0.717, 1.165) is 44.1 Å². The van der Waals surface area contributed by atoms with Gasteiger partial charge in [0.1, 0.15) is 0 Å². The largest absolute Gasteiger partial charge is 0.503 e. The van der Waals surface area contributed by atoms with Crippen molar-refractivity contribution < 1.29 is 5.11 Å². The summed E-state index contributed by atoms with van der Waals surface area (Å²) in [5.41, 5.74) is 1.39. The van der Waals surface area contributed by atoms with Crippen LogP contribution in [0.5, 0.6) is 5.75 Å². The molecule has 1 aliphatic rings. The third-order valence-electron chi connectivity index (χ3n) is 4.32. The summed E-state index contributed by atoms with van der Waals surface area (Å²) < 4.78 is 2.07. The maximum atomic E-state index is 11.9. The van der Waals surface area contributed by atoms with E-state index < -0.39 is 0 Å². The Labute approximate surface area is 126 Å². The molecule has 2 rings (SSSR count). The van der Waals surface area contributed by atoms with Crippen LogP contribution in [0.25, 0.3) is 0 Å². The number of hydrogen-bond donors (Lipinski definition) is 1. The Morgan fingerprint density at radius 1 is 1.19 bits per heavy atom. The van der Waals surface area contributed by atoms with Crippen molar-refractivity contribution in [3.63, 3.8) is 0 Å². The van der Waals surface area contributed by atoms with Crippen LogP contribution >= 0.6 is 0 Å². The minimum absolute atomic E-state index is 0.0905. The van der Waals surface area contributed by atoms with E-state index in [2.05, 4.69) is 35.1 Å². The number of aryl methyl sites for hydroxylation is 1. The molecular weight excluding hydrogens is 266 g/mol. The van der Waals surface area contributed by atoms with E-state index in [1.54, 1.807) is 0 Å². The zero-order valence-electron chi connectivity index (χ0n) is 13.6. The van der Waals surface area contributed by atoms with Gasteiger partial charge >= 0.3 is 0 Å². The lowest BCUT2D eigenvalue weighted by Crippen LogP contribution is -2.46. The fraction of sp³-hybridized carbons (Fsp3) is 0.688. The monoisotopic (exact) mass is 293 g/mol. The normalized spacial score (nSPS) is 17.6. The van der Waals surface area contributed by atoms with Crippen LogP contribution in [0.1, 0.15) is 38.2 Å². The lowest BCUT2D eigenvalue weighted by atomic mass is 10.2. The second kappa shape index (κ2) is 6.62. The molecule has 0 radical (unpaired) electrons. The summed E-state index contributed by atoms with van der Waals surface area (Å²) in [7, 11) is 0. The van der Waals surface area contributed by atoms with E-state index in [4.69, 9.17) is 0 Å². The summed E-state index contributed by atoms with van der Waals surface area (Å²) >= 11 is 0. The number of nitrogens with zero attached hydrogens (tertiary/aromatic N) is 3. The lowest BCUT2D eigenvalue weighted by molar-refractivity contribution is 0.128. The molecule has 2 heterocycles. The lowest BCUT2D eigenvalue weighted by Gasteiger charge is -2.35. The third-order valence-corrected chi connectivity index (χ3v) is 4.32. The fourth-order valence-corrected chi connectivity index (χ4v) is 3.14. The first-order chi connectivity index (χ1) is 9.93. The molecular formula is C16H27N3O2. The Morgan fingerprint density at radius 2 is 1.76 bits per heavy atom. The molecule has 1 aliphatic heterocycles. The predicted molar refractivity (Wildman–Crippen MR) is 84.9 cm³/mol. The van der Waals surface area contributed by atoms with Gasteiger partial charge in [0.2, 0.25) is 5.43 Å². The van der Waals surface area contributed by atoms with Crippen LogP contribution in [0.15, 0.2) is 10.9 Å². The zero-order chi connectivity index (χ0) is 15.6. The summed E-state index contributed by atoms with van der Waals surface area (Å²) in [6, 6.07) is 1.75.